The van der Waals surface area contributed by atoms with E-state index >= 15 is 0 Å². The summed E-state index contributed by atoms with van der Waals surface area (Å²) in [5, 5.41) is 1.19. The van der Waals surface area contributed by atoms with Crippen LogP contribution in [0.5, 0.6) is 0 Å². The van der Waals surface area contributed by atoms with Crippen molar-refractivity contribution in [2.45, 2.75) is 38.6 Å². The zero-order valence-corrected chi connectivity index (χ0v) is 14.5. The highest BCUT2D eigenvalue weighted by atomic mass is 16.5. The molecule has 2 aromatic heterocycles. The van der Waals surface area contributed by atoms with Gasteiger partial charge in [0.2, 0.25) is 0 Å². The average Bonchev–Trinajstić information content (AvgIpc) is 2.81. The third-order valence-corrected chi connectivity index (χ3v) is 5.10. The second-order valence-electron chi connectivity index (χ2n) is 6.59. The number of esters is 1. The summed E-state index contributed by atoms with van der Waals surface area (Å²) in [5.41, 5.74) is 5.39. The van der Waals surface area contributed by atoms with E-state index in [1.165, 1.54) is 43.0 Å². The van der Waals surface area contributed by atoms with Crippen molar-refractivity contribution < 1.29 is 9.53 Å². The normalized spacial score (nSPS) is 14.1. The number of carbonyl (C=O) groups excluding carboxylic acids is 1. The molecule has 0 fully saturated rings. The Kier molecular flexibility index (Phi) is 4.26. The van der Waals surface area contributed by atoms with Gasteiger partial charge >= 0.3 is 5.97 Å². The van der Waals surface area contributed by atoms with Gasteiger partial charge in [-0.15, -0.1) is 0 Å². The van der Waals surface area contributed by atoms with E-state index in [1.54, 1.807) is 0 Å². The summed E-state index contributed by atoms with van der Waals surface area (Å²) in [7, 11) is 1.44. The number of nitrogens with zero attached hydrogens (tertiary/aromatic N) is 2. The first kappa shape index (κ1) is 15.9. The second kappa shape index (κ2) is 6.71. The third kappa shape index (κ3) is 2.82. The fourth-order valence-electron chi connectivity index (χ4n) is 3.97. The Bertz CT molecular complexity index is 913. The SMILES string of the molecule is COC(=O)c1cccc2c3c(n(Cc4ccccn4)c12)CCCCC3. The van der Waals surface area contributed by atoms with Crippen molar-refractivity contribution in [2.24, 2.45) is 0 Å². The summed E-state index contributed by atoms with van der Waals surface area (Å²) in [6.07, 6.45) is 7.61. The molecule has 0 saturated heterocycles. The molecule has 2 heterocycles. The summed E-state index contributed by atoms with van der Waals surface area (Å²) in [4.78, 5) is 16.9. The minimum Gasteiger partial charge on any atom is -0.465 e. The number of aromatic nitrogens is 2. The molecule has 0 N–H and O–H groups in total. The van der Waals surface area contributed by atoms with Crippen LogP contribution in [0.3, 0.4) is 0 Å². The summed E-state index contributed by atoms with van der Waals surface area (Å²) in [6, 6.07) is 11.9. The molecule has 0 atom stereocenters. The smallest absolute Gasteiger partial charge is 0.340 e. The minimum absolute atomic E-state index is 0.277. The summed E-state index contributed by atoms with van der Waals surface area (Å²) in [5.74, 6) is -0.277. The molecule has 4 rings (SSSR count). The Hall–Kier alpha value is -2.62. The van der Waals surface area contributed by atoms with Gasteiger partial charge in [0.05, 0.1) is 30.4 Å². The van der Waals surface area contributed by atoms with Crippen LogP contribution in [-0.4, -0.2) is 22.6 Å². The zero-order valence-electron chi connectivity index (χ0n) is 14.5. The van der Waals surface area contributed by atoms with Crippen molar-refractivity contribution in [1.82, 2.24) is 9.55 Å². The van der Waals surface area contributed by atoms with Gasteiger partial charge in [-0.2, -0.15) is 0 Å². The molecule has 1 aliphatic carbocycles. The molecule has 4 heteroatoms. The van der Waals surface area contributed by atoms with Crippen LogP contribution in [0.25, 0.3) is 10.9 Å². The molecule has 0 amide bonds. The number of para-hydroxylation sites is 1. The number of rotatable bonds is 3. The van der Waals surface area contributed by atoms with E-state index in [2.05, 4.69) is 15.6 Å². The van der Waals surface area contributed by atoms with Crippen molar-refractivity contribution in [3.8, 4) is 0 Å². The van der Waals surface area contributed by atoms with Gasteiger partial charge in [0.15, 0.2) is 0 Å². The number of pyridine rings is 1. The number of hydrogen-bond donors (Lipinski definition) is 0. The highest BCUT2D eigenvalue weighted by Gasteiger charge is 2.23. The first-order valence-electron chi connectivity index (χ1n) is 8.91. The monoisotopic (exact) mass is 334 g/mol. The number of fused-ring (bicyclic) bond motifs is 3. The molecule has 0 bridgehead atoms. The molecule has 0 aliphatic heterocycles. The Morgan fingerprint density at radius 2 is 2.00 bits per heavy atom. The highest BCUT2D eigenvalue weighted by Crippen LogP contribution is 2.34. The predicted molar refractivity (Wildman–Crippen MR) is 97.9 cm³/mol. The van der Waals surface area contributed by atoms with Crippen LogP contribution in [-0.2, 0) is 24.1 Å². The van der Waals surface area contributed by atoms with Crippen LogP contribution in [0.15, 0.2) is 42.6 Å². The molecule has 0 radical (unpaired) electrons. The number of methoxy groups -OCH3 is 1. The lowest BCUT2D eigenvalue weighted by Gasteiger charge is -2.12. The minimum atomic E-state index is -0.277. The van der Waals surface area contributed by atoms with Gasteiger partial charge in [-0.1, -0.05) is 24.6 Å². The van der Waals surface area contributed by atoms with Gasteiger partial charge in [0, 0.05) is 17.3 Å². The van der Waals surface area contributed by atoms with Crippen LogP contribution in [0.1, 0.15) is 46.6 Å². The molecule has 3 aromatic rings. The molecule has 0 unspecified atom stereocenters. The maximum Gasteiger partial charge on any atom is 0.340 e. The molecule has 1 aliphatic rings. The van der Waals surface area contributed by atoms with Gasteiger partial charge in [-0.25, -0.2) is 4.79 Å². The van der Waals surface area contributed by atoms with Crippen LogP contribution in [0.2, 0.25) is 0 Å². The van der Waals surface area contributed by atoms with E-state index < -0.39 is 0 Å². The lowest BCUT2D eigenvalue weighted by molar-refractivity contribution is 0.0602. The van der Waals surface area contributed by atoms with E-state index in [0.717, 1.165) is 24.1 Å². The number of hydrogen-bond acceptors (Lipinski definition) is 3. The number of ether oxygens (including phenoxy) is 1. The van der Waals surface area contributed by atoms with Crippen molar-refractivity contribution >= 4 is 16.9 Å². The van der Waals surface area contributed by atoms with E-state index in [9.17, 15) is 4.79 Å². The fourth-order valence-corrected chi connectivity index (χ4v) is 3.97. The van der Waals surface area contributed by atoms with Crippen molar-refractivity contribution in [1.29, 1.82) is 0 Å². The van der Waals surface area contributed by atoms with E-state index in [1.807, 2.05) is 36.5 Å². The van der Waals surface area contributed by atoms with Gasteiger partial charge in [-0.3, -0.25) is 4.98 Å². The maximum absolute atomic E-state index is 12.4. The molecule has 4 nitrogen and oxygen atoms in total. The van der Waals surface area contributed by atoms with Crippen molar-refractivity contribution in [3.63, 3.8) is 0 Å². The van der Waals surface area contributed by atoms with E-state index in [0.29, 0.717) is 12.1 Å². The van der Waals surface area contributed by atoms with Crippen LogP contribution in [0, 0.1) is 0 Å². The lowest BCUT2D eigenvalue weighted by atomic mass is 10.0. The predicted octanol–water partition coefficient (Wildman–Crippen LogP) is 4.14. The zero-order chi connectivity index (χ0) is 17.2. The largest absolute Gasteiger partial charge is 0.465 e. The fraction of sp³-hybridized carbons (Fsp3) is 0.333. The quantitative estimate of drug-likeness (QED) is 0.534. The third-order valence-electron chi connectivity index (χ3n) is 5.10. The van der Waals surface area contributed by atoms with Crippen LogP contribution >= 0.6 is 0 Å². The Balaban J connectivity index is 1.97. The molecule has 128 valence electrons. The molecular formula is C21H22N2O2. The highest BCUT2D eigenvalue weighted by molar-refractivity contribution is 6.04. The molecular weight excluding hydrogens is 312 g/mol. The van der Waals surface area contributed by atoms with Gasteiger partial charge in [-0.05, 0) is 49.4 Å². The first-order valence-corrected chi connectivity index (χ1v) is 8.91. The Labute approximate surface area is 147 Å². The first-order chi connectivity index (χ1) is 12.3. The van der Waals surface area contributed by atoms with Gasteiger partial charge in [0.1, 0.15) is 0 Å². The van der Waals surface area contributed by atoms with Crippen molar-refractivity contribution in [3.05, 3.63) is 65.1 Å². The number of benzene rings is 1. The second-order valence-corrected chi connectivity index (χ2v) is 6.59. The standard InChI is InChI=1S/C21H22N2O2/c1-25-21(24)18-11-7-10-17-16-9-3-2-4-12-19(16)23(20(17)18)14-15-8-5-6-13-22-15/h5-8,10-11,13H,2-4,9,12,14H2,1H3. The van der Waals surface area contributed by atoms with Crippen molar-refractivity contribution in [2.75, 3.05) is 7.11 Å². The molecule has 0 saturated carbocycles. The molecule has 1 aromatic carbocycles. The van der Waals surface area contributed by atoms with Gasteiger partial charge in [0.25, 0.3) is 0 Å². The summed E-state index contributed by atoms with van der Waals surface area (Å²) < 4.78 is 7.33. The van der Waals surface area contributed by atoms with Crippen LogP contribution < -0.4 is 0 Å². The van der Waals surface area contributed by atoms with Gasteiger partial charge < -0.3 is 9.30 Å². The van der Waals surface area contributed by atoms with E-state index in [4.69, 9.17) is 4.74 Å². The topological polar surface area (TPSA) is 44.1 Å². The number of aryl methyl sites for hydroxylation is 1. The Morgan fingerprint density at radius 3 is 2.80 bits per heavy atom. The van der Waals surface area contributed by atoms with E-state index in [-0.39, 0.29) is 5.97 Å². The summed E-state index contributed by atoms with van der Waals surface area (Å²) in [6.45, 7) is 0.681. The maximum atomic E-state index is 12.4. The average molecular weight is 334 g/mol. The lowest BCUT2D eigenvalue weighted by Crippen LogP contribution is -2.10. The molecule has 25 heavy (non-hydrogen) atoms. The summed E-state index contributed by atoms with van der Waals surface area (Å²) >= 11 is 0. The molecule has 0 spiro atoms. The Morgan fingerprint density at radius 1 is 1.12 bits per heavy atom. The van der Waals surface area contributed by atoms with Crippen LogP contribution in [0.4, 0.5) is 0 Å². The number of carbonyl (C=O) groups is 1.